The molecule has 0 radical (unpaired) electrons. The summed E-state index contributed by atoms with van der Waals surface area (Å²) in [7, 11) is 0. The van der Waals surface area contributed by atoms with Crippen molar-refractivity contribution in [3.63, 3.8) is 0 Å². The molecule has 1 aliphatic carbocycles. The zero-order valence-electron chi connectivity index (χ0n) is 49.7. The summed E-state index contributed by atoms with van der Waals surface area (Å²) in [5.41, 5.74) is 8.50. The molecular formula is C67H75N9O8S3. The summed E-state index contributed by atoms with van der Waals surface area (Å²) in [6.07, 6.45) is 6.76. The summed E-state index contributed by atoms with van der Waals surface area (Å²) in [5, 5.41) is 31.2. The van der Waals surface area contributed by atoms with E-state index in [1.807, 2.05) is 124 Å². The van der Waals surface area contributed by atoms with Gasteiger partial charge in [0.25, 0.3) is 5.91 Å². The molecule has 3 aromatic heterocycles. The number of β-amino-alcohol motifs (C(OH)–C–C–N with tert-alkyl or cyclic N) is 1. The van der Waals surface area contributed by atoms with Crippen molar-refractivity contribution < 1.29 is 38.9 Å². The second kappa shape index (κ2) is 27.2. The van der Waals surface area contributed by atoms with E-state index in [0.717, 1.165) is 100 Å². The minimum Gasteiger partial charge on any atom is -0.494 e. The number of nitrogens with zero attached hydrogens (tertiary/aromatic N) is 6. The lowest BCUT2D eigenvalue weighted by Crippen LogP contribution is -2.58. The van der Waals surface area contributed by atoms with Gasteiger partial charge in [0.2, 0.25) is 17.7 Å². The van der Waals surface area contributed by atoms with Gasteiger partial charge in [-0.3, -0.25) is 29.4 Å². The number of aromatic carboxylic acids is 1. The number of likely N-dealkylation sites (tertiary alicyclic amines) is 2. The number of anilines is 2. The Kier molecular flexibility index (Phi) is 19.1. The topological polar surface area (TPSA) is 220 Å². The molecule has 2 saturated heterocycles. The molecule has 1 saturated carbocycles. The van der Waals surface area contributed by atoms with E-state index in [1.54, 1.807) is 11.3 Å². The normalized spacial score (nSPS) is 19.4. The first-order chi connectivity index (χ1) is 42.0. The van der Waals surface area contributed by atoms with Crippen molar-refractivity contribution in [1.29, 1.82) is 0 Å². The van der Waals surface area contributed by atoms with Gasteiger partial charge in [0.1, 0.15) is 17.8 Å². The number of ether oxygens (including phenoxy) is 1. The van der Waals surface area contributed by atoms with Crippen molar-refractivity contribution in [3.8, 4) is 28.0 Å². The Bertz CT molecular complexity index is 3640. The van der Waals surface area contributed by atoms with Crippen LogP contribution in [-0.2, 0) is 40.3 Å². The van der Waals surface area contributed by atoms with Gasteiger partial charge in [0.15, 0.2) is 16.0 Å². The maximum atomic E-state index is 14.3. The van der Waals surface area contributed by atoms with Crippen LogP contribution in [0.15, 0.2) is 96.5 Å². The number of aromatic nitrogens is 3. The summed E-state index contributed by atoms with van der Waals surface area (Å²) in [5.74, 6) is 6.28. The van der Waals surface area contributed by atoms with Crippen LogP contribution < -0.4 is 25.6 Å². The van der Waals surface area contributed by atoms with Crippen molar-refractivity contribution in [1.82, 2.24) is 35.4 Å². The molecule has 5 N–H and O–H groups in total. The number of piperidine rings is 1. The second-order valence-electron chi connectivity index (χ2n) is 24.5. The van der Waals surface area contributed by atoms with Crippen LogP contribution in [0.2, 0.25) is 0 Å². The average Bonchev–Trinajstić information content (AvgIpc) is 3.00. The van der Waals surface area contributed by atoms with Crippen LogP contribution in [-0.4, -0.2) is 122 Å². The van der Waals surface area contributed by atoms with E-state index in [4.69, 9.17) is 4.74 Å². The fraction of sp³-hybridized carbons (Fsp3) is 0.433. The van der Waals surface area contributed by atoms with Crippen LogP contribution in [0.3, 0.4) is 0 Å². The third kappa shape index (κ3) is 14.7. The quantitative estimate of drug-likeness (QED) is 0.0399. The molecular weight excluding hydrogens is 1150 g/mol. The molecule has 0 spiro atoms. The monoisotopic (exact) mass is 1230 g/mol. The number of carbonyl (C=O) groups excluding carboxylic acids is 4. The Hall–Kier alpha value is -7.54. The van der Waals surface area contributed by atoms with Crippen LogP contribution in [0.25, 0.3) is 20.7 Å². The lowest BCUT2D eigenvalue weighted by molar-refractivity contribution is -0.144. The highest BCUT2D eigenvalue weighted by molar-refractivity contribution is 7.22. The fourth-order valence-electron chi connectivity index (χ4n) is 12.6. The number of rotatable bonds is 18. The van der Waals surface area contributed by atoms with Crippen molar-refractivity contribution in [2.24, 2.45) is 23.2 Å². The van der Waals surface area contributed by atoms with E-state index in [1.165, 1.54) is 27.6 Å². The van der Waals surface area contributed by atoms with Gasteiger partial charge in [-0.1, -0.05) is 92.5 Å². The molecule has 4 aromatic carbocycles. The maximum absolute atomic E-state index is 14.3. The van der Waals surface area contributed by atoms with Crippen molar-refractivity contribution >= 4 is 84.1 Å². The largest absolute Gasteiger partial charge is 0.494 e. The highest BCUT2D eigenvalue weighted by Gasteiger charge is 2.45. The van der Waals surface area contributed by atoms with Crippen molar-refractivity contribution in [3.05, 3.63) is 141 Å². The molecule has 0 bridgehead atoms. The minimum atomic E-state index is -1.07. The van der Waals surface area contributed by atoms with Gasteiger partial charge < -0.3 is 35.4 Å². The van der Waals surface area contributed by atoms with Crippen LogP contribution in [0, 0.1) is 41.9 Å². The molecule has 454 valence electrons. The number of carbonyl (C=O) groups is 5. The number of fused-ring (bicyclic) bond motifs is 2. The summed E-state index contributed by atoms with van der Waals surface area (Å²) in [4.78, 5) is 89.2. The number of hydrogen-bond donors (Lipinski definition) is 5. The number of nitrogens with one attached hydrogen (secondary N) is 3. The number of carboxylic acid groups (broad SMARTS) is 1. The van der Waals surface area contributed by atoms with E-state index in [-0.39, 0.29) is 54.8 Å². The zero-order valence-corrected chi connectivity index (χ0v) is 52.1. The lowest BCUT2D eigenvalue weighted by atomic mass is 9.72. The number of carboxylic acids is 1. The molecule has 20 heteroatoms. The summed E-state index contributed by atoms with van der Waals surface area (Å²) in [6.45, 7) is 12.2. The Morgan fingerprint density at radius 3 is 2.33 bits per heavy atom. The van der Waals surface area contributed by atoms with Gasteiger partial charge in [0, 0.05) is 54.5 Å². The molecule has 87 heavy (non-hydrogen) atoms. The average molecular weight is 1230 g/mol. The first-order valence-electron chi connectivity index (χ1n) is 30.3. The first-order valence-corrected chi connectivity index (χ1v) is 32.8. The first kappa shape index (κ1) is 61.1. The highest BCUT2D eigenvalue weighted by atomic mass is 32.1. The zero-order chi connectivity index (χ0) is 60.8. The van der Waals surface area contributed by atoms with E-state index in [0.29, 0.717) is 83.8 Å². The molecule has 7 aromatic rings. The van der Waals surface area contributed by atoms with E-state index in [9.17, 15) is 34.2 Å². The molecule has 3 aliphatic heterocycles. The van der Waals surface area contributed by atoms with E-state index in [2.05, 4.69) is 52.5 Å². The fourth-order valence-corrected chi connectivity index (χ4v) is 15.4. The number of amides is 4. The van der Waals surface area contributed by atoms with Gasteiger partial charge in [-0.25, -0.2) is 19.7 Å². The molecule has 17 nitrogen and oxygen atoms in total. The Labute approximate surface area is 520 Å². The van der Waals surface area contributed by atoms with Crippen LogP contribution in [0.1, 0.15) is 126 Å². The standard InChI is InChI=1S/C67H75N9O8S3/c1-41-58(85-40-69-41)47-20-16-43(17-21-47)37-68-62(80)54-36-49(77)38-76(54)63(81)59(67(2,3)4)72-60(78)48-24-22-44(23-25-48)45-28-32-74(33-29-45)31-8-10-42-18-26-50(27-19-42)84-35-9-15-56-57(64(82)83)71-66(87-56)75-34-30-46-11-7-12-51(52(46)39-75)61(79)73-65-70-53-13-5-6-14-55(53)86-65/h5-7,11-14,16-21,26-27,40,44-45,48-49,54,59,77H,9,15,22-25,28-39H2,1-4H3,(H,68,80)(H,72,78)(H,82,83)(H,70,73,79)/t44?,48?,49-,54+,59-/m1/s1. The summed E-state index contributed by atoms with van der Waals surface area (Å²) < 4.78 is 7.08. The van der Waals surface area contributed by atoms with Crippen LogP contribution >= 0.6 is 34.0 Å². The van der Waals surface area contributed by atoms with Crippen molar-refractivity contribution in [2.75, 3.05) is 49.5 Å². The van der Waals surface area contributed by atoms with Gasteiger partial charge in [-0.15, -0.1) is 22.7 Å². The number of benzene rings is 4. The maximum Gasteiger partial charge on any atom is 0.355 e. The number of para-hydroxylation sites is 1. The van der Waals surface area contributed by atoms with Gasteiger partial charge in [-0.05, 0) is 160 Å². The molecule has 4 amide bonds. The molecule has 0 unspecified atom stereocenters. The summed E-state index contributed by atoms with van der Waals surface area (Å²) >= 11 is 4.40. The third-order valence-electron chi connectivity index (χ3n) is 17.5. The number of aryl methyl sites for hydroxylation is 2. The second-order valence-corrected chi connectivity index (χ2v) is 27.5. The molecule has 11 rings (SSSR count). The molecule has 3 atom stereocenters. The molecule has 4 aliphatic rings. The molecule has 3 fully saturated rings. The van der Waals surface area contributed by atoms with Gasteiger partial charge >= 0.3 is 5.97 Å². The third-order valence-corrected chi connectivity index (χ3v) is 20.6. The Morgan fingerprint density at radius 2 is 1.61 bits per heavy atom. The lowest BCUT2D eigenvalue weighted by Gasteiger charge is -2.39. The number of aliphatic hydroxyl groups excluding tert-OH is 1. The SMILES string of the molecule is Cc1ncsc1-c1ccc(CNC(=O)[C@@H]2C[C@@H](O)CN2C(=O)[C@@H](NC(=O)C2CCC(C3CCN(CC#Cc4ccc(OCCCc5sc(N6CCc7cccc(C(=O)Nc8nc9ccccc9s8)c7C6)nc5C(=O)O)cc4)CC3)CC2)C(C)(C)C)cc1. The van der Waals surface area contributed by atoms with Crippen molar-refractivity contribution in [2.45, 2.75) is 123 Å². The number of thiazole rings is 3. The van der Waals surface area contributed by atoms with E-state index >= 15 is 0 Å². The Morgan fingerprint density at radius 1 is 0.851 bits per heavy atom. The predicted molar refractivity (Wildman–Crippen MR) is 341 cm³/mol. The van der Waals surface area contributed by atoms with Gasteiger partial charge in [-0.2, -0.15) is 0 Å². The number of aliphatic hydroxyl groups is 1. The van der Waals surface area contributed by atoms with Crippen LogP contribution in [0.5, 0.6) is 5.75 Å². The smallest absolute Gasteiger partial charge is 0.355 e. The molecule has 6 heterocycles. The van der Waals surface area contributed by atoms with E-state index < -0.39 is 29.6 Å². The highest BCUT2D eigenvalue weighted by Crippen LogP contribution is 2.39. The number of hydrogen-bond acceptors (Lipinski definition) is 15. The van der Waals surface area contributed by atoms with Gasteiger partial charge in [0.05, 0.1) is 45.6 Å². The minimum absolute atomic E-state index is 0.0314. The predicted octanol–water partition coefficient (Wildman–Crippen LogP) is 10.4. The van der Waals surface area contributed by atoms with Crippen LogP contribution in [0.4, 0.5) is 10.3 Å². The Balaban J connectivity index is 0.589. The summed E-state index contributed by atoms with van der Waals surface area (Å²) in [6, 6.07) is 27.5.